The van der Waals surface area contributed by atoms with Crippen LogP contribution in [0.15, 0.2) is 18.2 Å². The smallest absolute Gasteiger partial charge is 0.387 e. The average Bonchev–Trinajstić information content (AvgIpc) is 2.16. The van der Waals surface area contributed by atoms with Crippen molar-refractivity contribution in [2.45, 2.75) is 12.3 Å². The zero-order valence-corrected chi connectivity index (χ0v) is 8.48. The van der Waals surface area contributed by atoms with Crippen LogP contribution in [-0.4, -0.2) is 18.7 Å². The van der Waals surface area contributed by atoms with Gasteiger partial charge in [0.05, 0.1) is 11.7 Å². The summed E-state index contributed by atoms with van der Waals surface area (Å²) in [6, 6.07) is 2.03. The summed E-state index contributed by atoms with van der Waals surface area (Å²) in [5.74, 6) is -1.01. The Morgan fingerprint density at radius 3 is 2.44 bits per heavy atom. The highest BCUT2D eigenvalue weighted by molar-refractivity contribution is 5.28. The zero-order chi connectivity index (χ0) is 12.3. The van der Waals surface area contributed by atoms with Crippen molar-refractivity contribution in [3.8, 4) is 0 Å². The molecule has 1 aromatic rings. The number of hydrogen-bond acceptors (Lipinski definition) is 2. The minimum absolute atomic E-state index is 0.0563. The molecule has 0 fully saturated rings. The second-order valence-corrected chi connectivity index (χ2v) is 3.34. The highest BCUT2D eigenvalue weighted by Gasteiger charge is 2.31. The van der Waals surface area contributed by atoms with Crippen LogP contribution in [0.25, 0.3) is 0 Å². The van der Waals surface area contributed by atoms with E-state index in [0.29, 0.717) is 6.07 Å². The number of benzene rings is 1. The minimum atomic E-state index is -4.61. The van der Waals surface area contributed by atoms with Crippen LogP contribution in [0.1, 0.15) is 17.2 Å². The molecule has 1 aromatic carbocycles. The van der Waals surface area contributed by atoms with Gasteiger partial charge in [0.2, 0.25) is 0 Å². The van der Waals surface area contributed by atoms with E-state index in [9.17, 15) is 22.7 Å². The van der Waals surface area contributed by atoms with Gasteiger partial charge in [-0.25, -0.2) is 4.39 Å². The van der Waals surface area contributed by atoms with Crippen molar-refractivity contribution < 1.29 is 22.7 Å². The Kier molecular flexibility index (Phi) is 3.88. The summed E-state index contributed by atoms with van der Waals surface area (Å²) in [7, 11) is 1.53. The molecule has 0 radical (unpaired) electrons. The van der Waals surface area contributed by atoms with Gasteiger partial charge in [-0.3, -0.25) is 0 Å². The number of aliphatic hydroxyl groups excluding tert-OH is 1. The van der Waals surface area contributed by atoms with Crippen molar-refractivity contribution in [1.29, 1.82) is 0 Å². The van der Waals surface area contributed by atoms with Gasteiger partial charge in [-0.05, 0) is 30.8 Å². The van der Waals surface area contributed by atoms with Crippen LogP contribution in [0, 0.1) is 5.82 Å². The van der Waals surface area contributed by atoms with Gasteiger partial charge >= 0.3 is 6.18 Å². The Balaban J connectivity index is 3.08. The van der Waals surface area contributed by atoms with Crippen LogP contribution < -0.4 is 5.32 Å². The molecule has 2 nitrogen and oxygen atoms in total. The first-order chi connectivity index (χ1) is 7.34. The van der Waals surface area contributed by atoms with E-state index in [4.69, 9.17) is 0 Å². The summed E-state index contributed by atoms with van der Waals surface area (Å²) in [6.07, 6.45) is -5.78. The van der Waals surface area contributed by atoms with Gasteiger partial charge in [0.1, 0.15) is 5.82 Å². The summed E-state index contributed by atoms with van der Waals surface area (Å²) in [5, 5.41) is 12.0. The second-order valence-electron chi connectivity index (χ2n) is 3.34. The Morgan fingerprint density at radius 1 is 1.31 bits per heavy atom. The van der Waals surface area contributed by atoms with Gasteiger partial charge in [0.15, 0.2) is 0 Å². The average molecular weight is 237 g/mol. The molecule has 2 N–H and O–H groups in total. The maximum absolute atomic E-state index is 12.9. The van der Waals surface area contributed by atoms with Crippen molar-refractivity contribution >= 4 is 0 Å². The molecule has 0 aromatic heterocycles. The van der Waals surface area contributed by atoms with Crippen molar-refractivity contribution in [1.82, 2.24) is 5.32 Å². The van der Waals surface area contributed by atoms with Gasteiger partial charge in [-0.1, -0.05) is 0 Å². The fraction of sp³-hybridized carbons (Fsp3) is 0.400. The normalized spacial score (nSPS) is 13.9. The van der Waals surface area contributed by atoms with Crippen LogP contribution >= 0.6 is 0 Å². The number of hydrogen-bond donors (Lipinski definition) is 2. The van der Waals surface area contributed by atoms with Crippen LogP contribution in [0.4, 0.5) is 17.6 Å². The zero-order valence-electron chi connectivity index (χ0n) is 8.48. The molecule has 0 aliphatic heterocycles. The summed E-state index contributed by atoms with van der Waals surface area (Å²) < 4.78 is 49.9. The van der Waals surface area contributed by atoms with Gasteiger partial charge in [-0.15, -0.1) is 0 Å². The first-order valence-corrected chi connectivity index (χ1v) is 4.55. The molecule has 16 heavy (non-hydrogen) atoms. The molecule has 0 bridgehead atoms. The maximum Gasteiger partial charge on any atom is 0.416 e. The molecule has 6 heteroatoms. The van der Waals surface area contributed by atoms with Gasteiger partial charge in [0, 0.05) is 6.54 Å². The lowest BCUT2D eigenvalue weighted by Gasteiger charge is -2.13. The van der Waals surface area contributed by atoms with Crippen LogP contribution in [0.2, 0.25) is 0 Å². The molecule has 0 spiro atoms. The van der Waals surface area contributed by atoms with Gasteiger partial charge < -0.3 is 10.4 Å². The summed E-state index contributed by atoms with van der Waals surface area (Å²) in [6.45, 7) is 0.0563. The predicted octanol–water partition coefficient (Wildman–Crippen LogP) is 2.10. The van der Waals surface area contributed by atoms with Crippen molar-refractivity contribution in [3.05, 3.63) is 35.1 Å². The molecule has 0 aliphatic rings. The molecule has 0 amide bonds. The number of alkyl halides is 3. The summed E-state index contributed by atoms with van der Waals surface area (Å²) in [4.78, 5) is 0. The summed E-state index contributed by atoms with van der Waals surface area (Å²) in [5.41, 5.74) is -1.20. The van der Waals surface area contributed by atoms with Crippen molar-refractivity contribution in [3.63, 3.8) is 0 Å². The number of rotatable bonds is 3. The number of nitrogens with one attached hydrogen (secondary N) is 1. The first kappa shape index (κ1) is 12.9. The fourth-order valence-electron chi connectivity index (χ4n) is 1.28. The van der Waals surface area contributed by atoms with Crippen LogP contribution in [-0.2, 0) is 6.18 Å². The topological polar surface area (TPSA) is 32.3 Å². The minimum Gasteiger partial charge on any atom is -0.387 e. The lowest BCUT2D eigenvalue weighted by atomic mass is 10.1. The number of likely N-dealkylation sites (N-methyl/N-ethyl adjacent to an activating group) is 1. The van der Waals surface area contributed by atoms with E-state index < -0.39 is 23.7 Å². The second kappa shape index (κ2) is 4.80. The summed E-state index contributed by atoms with van der Waals surface area (Å²) >= 11 is 0. The van der Waals surface area contributed by atoms with Gasteiger partial charge in [0.25, 0.3) is 0 Å². The van der Waals surface area contributed by atoms with Crippen LogP contribution in [0.3, 0.4) is 0 Å². The molecule has 90 valence electrons. The van der Waals surface area contributed by atoms with E-state index >= 15 is 0 Å². The van der Waals surface area contributed by atoms with E-state index in [1.807, 2.05) is 0 Å². The Labute approximate surface area is 89.9 Å². The van der Waals surface area contributed by atoms with Crippen molar-refractivity contribution in [2.75, 3.05) is 13.6 Å². The monoisotopic (exact) mass is 237 g/mol. The molecule has 0 aliphatic carbocycles. The third kappa shape index (κ3) is 3.18. The van der Waals surface area contributed by atoms with E-state index in [0.717, 1.165) is 12.1 Å². The molecular weight excluding hydrogens is 226 g/mol. The van der Waals surface area contributed by atoms with E-state index in [2.05, 4.69) is 5.32 Å². The molecule has 0 saturated carbocycles. The fourth-order valence-corrected chi connectivity index (χ4v) is 1.28. The standard InChI is InChI=1S/C10H11F4NO/c1-15-5-9(16)6-2-7(10(12,13)14)4-8(11)3-6/h2-4,9,15-16H,5H2,1H3. The third-order valence-corrected chi connectivity index (χ3v) is 2.03. The Morgan fingerprint density at radius 2 is 1.94 bits per heavy atom. The SMILES string of the molecule is CNCC(O)c1cc(F)cc(C(F)(F)F)c1. The highest BCUT2D eigenvalue weighted by Crippen LogP contribution is 2.31. The predicted molar refractivity (Wildman–Crippen MR) is 50.3 cm³/mol. The molecular formula is C10H11F4NO. The highest BCUT2D eigenvalue weighted by atomic mass is 19.4. The van der Waals surface area contributed by atoms with Crippen molar-refractivity contribution in [2.24, 2.45) is 0 Å². The largest absolute Gasteiger partial charge is 0.416 e. The Hall–Kier alpha value is -1.14. The number of halogens is 4. The molecule has 1 atom stereocenters. The first-order valence-electron chi connectivity index (χ1n) is 4.55. The quantitative estimate of drug-likeness (QED) is 0.789. The van der Waals surface area contributed by atoms with E-state index in [1.54, 1.807) is 0 Å². The maximum atomic E-state index is 12.9. The Bertz CT molecular complexity index is 364. The lowest BCUT2D eigenvalue weighted by molar-refractivity contribution is -0.137. The molecule has 0 heterocycles. The van der Waals surface area contributed by atoms with E-state index in [-0.39, 0.29) is 12.1 Å². The van der Waals surface area contributed by atoms with Gasteiger partial charge in [-0.2, -0.15) is 13.2 Å². The van der Waals surface area contributed by atoms with Crippen LogP contribution in [0.5, 0.6) is 0 Å². The molecule has 1 rings (SSSR count). The lowest BCUT2D eigenvalue weighted by Crippen LogP contribution is -2.17. The third-order valence-electron chi connectivity index (χ3n) is 2.03. The molecule has 1 unspecified atom stereocenters. The number of aliphatic hydroxyl groups is 1. The van der Waals surface area contributed by atoms with E-state index in [1.165, 1.54) is 7.05 Å². The molecule has 0 saturated heterocycles.